The Hall–Kier alpha value is -6.25. The Labute approximate surface area is 326 Å². The molecule has 56 heavy (non-hydrogen) atoms. The van der Waals surface area contributed by atoms with Crippen molar-refractivity contribution >= 4 is 51.6 Å². The van der Waals surface area contributed by atoms with Crippen molar-refractivity contribution in [3.8, 4) is 17.4 Å². The Bertz CT molecular complexity index is 2230. The predicted molar refractivity (Wildman–Crippen MR) is 218 cm³/mol. The number of nitrogens with one attached hydrogen (secondary N) is 5. The van der Waals surface area contributed by atoms with E-state index in [1.54, 1.807) is 43.6 Å². The van der Waals surface area contributed by atoms with E-state index in [1.165, 1.54) is 7.11 Å². The molecule has 0 unspecified atom stereocenters. The second-order valence-electron chi connectivity index (χ2n) is 14.4. The summed E-state index contributed by atoms with van der Waals surface area (Å²) in [5, 5.41) is 16.1. The fourth-order valence-corrected chi connectivity index (χ4v) is 6.36. The standard InChI is InChI=1S/C42H48N8O6/c1-26-21-27(38(51)44-15-16-50-17-19-55-20-18-50)23-29(22-26)46-40-45-14-13-36(49-40)56-35-12-11-33(30-9-7-8-10-31(30)35)47-41(53)48-34-25-28(42(2,3)4)24-32(37(34)54-6)39(52)43-5/h7-14,21-25H,15-20H2,1-6H3,(H,43,52)(H,44,51)(H,45,46,49)(H2,47,48,53). The molecule has 292 valence electrons. The van der Waals surface area contributed by atoms with Crippen molar-refractivity contribution in [2.24, 2.45) is 0 Å². The number of hydrogen-bond donors (Lipinski definition) is 5. The lowest BCUT2D eigenvalue weighted by Crippen LogP contribution is -2.41. The zero-order chi connectivity index (χ0) is 39.8. The van der Waals surface area contributed by atoms with Crippen molar-refractivity contribution in [3.05, 3.63) is 101 Å². The Morgan fingerprint density at radius 3 is 2.38 bits per heavy atom. The minimum absolute atomic E-state index is 0.157. The summed E-state index contributed by atoms with van der Waals surface area (Å²) in [6, 6.07) is 21.2. The molecule has 1 fully saturated rings. The number of amides is 4. The van der Waals surface area contributed by atoms with Gasteiger partial charge in [0, 0.05) is 67.5 Å². The highest BCUT2D eigenvalue weighted by Crippen LogP contribution is 2.37. The van der Waals surface area contributed by atoms with Gasteiger partial charge in [0.05, 0.1) is 37.3 Å². The molecular weight excluding hydrogens is 713 g/mol. The molecule has 0 radical (unpaired) electrons. The number of carbonyl (C=O) groups excluding carboxylic acids is 3. The highest BCUT2D eigenvalue weighted by atomic mass is 16.5. The number of hydrogen-bond acceptors (Lipinski definition) is 10. The first-order valence-electron chi connectivity index (χ1n) is 18.4. The zero-order valence-corrected chi connectivity index (χ0v) is 32.5. The molecule has 1 aliphatic rings. The van der Waals surface area contributed by atoms with Crippen molar-refractivity contribution < 1.29 is 28.6 Å². The highest BCUT2D eigenvalue weighted by molar-refractivity contribution is 6.09. The molecule has 5 N–H and O–H groups in total. The second kappa shape index (κ2) is 17.5. The normalized spacial score (nSPS) is 13.1. The van der Waals surface area contributed by atoms with Crippen LogP contribution in [0.4, 0.5) is 27.8 Å². The summed E-state index contributed by atoms with van der Waals surface area (Å²) in [5.74, 6) is 0.856. The van der Waals surface area contributed by atoms with E-state index in [9.17, 15) is 14.4 Å². The fourth-order valence-electron chi connectivity index (χ4n) is 6.36. The van der Waals surface area contributed by atoms with E-state index < -0.39 is 6.03 Å². The maximum absolute atomic E-state index is 13.5. The fraction of sp³-hybridized carbons (Fsp3) is 0.310. The van der Waals surface area contributed by atoms with Crippen LogP contribution in [0.1, 0.15) is 52.6 Å². The van der Waals surface area contributed by atoms with Crippen LogP contribution in [0.25, 0.3) is 10.8 Å². The molecule has 0 atom stereocenters. The lowest BCUT2D eigenvalue weighted by atomic mass is 9.85. The largest absolute Gasteiger partial charge is 0.494 e. The van der Waals surface area contributed by atoms with Crippen molar-refractivity contribution in [1.29, 1.82) is 0 Å². The molecular formula is C42H48N8O6. The van der Waals surface area contributed by atoms with E-state index in [2.05, 4.69) is 41.5 Å². The van der Waals surface area contributed by atoms with E-state index in [0.29, 0.717) is 53.7 Å². The first kappa shape index (κ1) is 39.4. The van der Waals surface area contributed by atoms with E-state index >= 15 is 0 Å². The van der Waals surface area contributed by atoms with Crippen molar-refractivity contribution in [2.75, 3.05) is 69.5 Å². The summed E-state index contributed by atoms with van der Waals surface area (Å²) in [6.07, 6.45) is 1.58. The molecule has 6 rings (SSSR count). The van der Waals surface area contributed by atoms with Gasteiger partial charge in [0.1, 0.15) is 5.75 Å². The van der Waals surface area contributed by atoms with Gasteiger partial charge in [-0.05, 0) is 65.9 Å². The maximum Gasteiger partial charge on any atom is 0.323 e. The van der Waals surface area contributed by atoms with Gasteiger partial charge in [-0.2, -0.15) is 4.98 Å². The number of aryl methyl sites for hydroxylation is 1. The van der Waals surface area contributed by atoms with Gasteiger partial charge >= 0.3 is 6.03 Å². The number of fused-ring (bicyclic) bond motifs is 1. The number of benzene rings is 4. The molecule has 14 nitrogen and oxygen atoms in total. The van der Waals surface area contributed by atoms with Gasteiger partial charge in [-0.1, -0.05) is 45.0 Å². The number of morpholine rings is 1. The summed E-state index contributed by atoms with van der Waals surface area (Å²) in [4.78, 5) is 50.5. The van der Waals surface area contributed by atoms with Crippen LogP contribution < -0.4 is 36.1 Å². The SMILES string of the molecule is CNC(=O)c1cc(C(C)(C)C)cc(NC(=O)Nc2ccc(Oc3ccnc(Nc4cc(C)cc(C(=O)NCCN5CCOCC5)c4)n3)c3ccccc23)c1OC. The van der Waals surface area contributed by atoms with Gasteiger partial charge in [-0.25, -0.2) is 9.78 Å². The molecule has 1 saturated heterocycles. The third kappa shape index (κ3) is 9.70. The number of carbonyl (C=O) groups is 3. The van der Waals surface area contributed by atoms with Gasteiger partial charge in [-0.3, -0.25) is 14.5 Å². The van der Waals surface area contributed by atoms with Crippen LogP contribution >= 0.6 is 0 Å². The topological polar surface area (TPSA) is 168 Å². The van der Waals surface area contributed by atoms with Gasteiger partial charge < -0.3 is 40.8 Å². The van der Waals surface area contributed by atoms with Crippen LogP contribution in [0.3, 0.4) is 0 Å². The Balaban J connectivity index is 1.16. The van der Waals surface area contributed by atoms with E-state index in [0.717, 1.165) is 41.5 Å². The molecule has 4 amide bonds. The third-order valence-electron chi connectivity index (χ3n) is 9.27. The van der Waals surface area contributed by atoms with Crippen molar-refractivity contribution in [1.82, 2.24) is 25.5 Å². The van der Waals surface area contributed by atoms with Crippen LogP contribution in [-0.4, -0.2) is 86.3 Å². The molecule has 5 aromatic rings. The highest BCUT2D eigenvalue weighted by Gasteiger charge is 2.24. The zero-order valence-electron chi connectivity index (χ0n) is 32.5. The Kier molecular flexibility index (Phi) is 12.3. The molecule has 0 saturated carbocycles. The molecule has 1 aromatic heterocycles. The first-order valence-corrected chi connectivity index (χ1v) is 18.4. The number of urea groups is 1. The Morgan fingerprint density at radius 2 is 1.64 bits per heavy atom. The smallest absolute Gasteiger partial charge is 0.323 e. The molecule has 0 bridgehead atoms. The molecule has 2 heterocycles. The number of aromatic nitrogens is 2. The minimum atomic E-state index is -0.521. The quantitative estimate of drug-likeness (QED) is 0.0908. The van der Waals surface area contributed by atoms with Gasteiger partial charge in [-0.15, -0.1) is 0 Å². The molecule has 1 aliphatic heterocycles. The van der Waals surface area contributed by atoms with Crippen LogP contribution in [-0.2, 0) is 10.2 Å². The van der Waals surface area contributed by atoms with Gasteiger partial charge in [0.15, 0.2) is 5.75 Å². The lowest BCUT2D eigenvalue weighted by Gasteiger charge is -2.26. The molecule has 0 aliphatic carbocycles. The minimum Gasteiger partial charge on any atom is -0.494 e. The van der Waals surface area contributed by atoms with Crippen molar-refractivity contribution in [2.45, 2.75) is 33.1 Å². The van der Waals surface area contributed by atoms with Crippen LogP contribution in [0.2, 0.25) is 0 Å². The monoisotopic (exact) mass is 760 g/mol. The number of nitrogens with zero attached hydrogens (tertiary/aromatic N) is 3. The summed E-state index contributed by atoms with van der Waals surface area (Å²) in [6.45, 7) is 12.5. The van der Waals surface area contributed by atoms with Crippen LogP contribution in [0.15, 0.2) is 79.0 Å². The third-order valence-corrected chi connectivity index (χ3v) is 9.27. The maximum atomic E-state index is 13.5. The van der Waals surface area contributed by atoms with Gasteiger partial charge in [0.25, 0.3) is 11.8 Å². The summed E-state index contributed by atoms with van der Waals surface area (Å²) >= 11 is 0. The average molecular weight is 761 g/mol. The second-order valence-corrected chi connectivity index (χ2v) is 14.4. The average Bonchev–Trinajstić information content (AvgIpc) is 3.18. The number of ether oxygens (including phenoxy) is 3. The van der Waals surface area contributed by atoms with Crippen LogP contribution in [0, 0.1) is 6.92 Å². The predicted octanol–water partition coefficient (Wildman–Crippen LogP) is 6.85. The number of rotatable bonds is 12. The van der Waals surface area contributed by atoms with E-state index in [4.69, 9.17) is 14.2 Å². The summed E-state index contributed by atoms with van der Waals surface area (Å²) in [7, 11) is 3.00. The molecule has 0 spiro atoms. The summed E-state index contributed by atoms with van der Waals surface area (Å²) in [5.41, 5.74) is 3.85. The molecule has 14 heteroatoms. The van der Waals surface area contributed by atoms with Crippen LogP contribution in [0.5, 0.6) is 17.4 Å². The van der Waals surface area contributed by atoms with E-state index in [-0.39, 0.29) is 34.8 Å². The number of methoxy groups -OCH3 is 1. The number of anilines is 4. The van der Waals surface area contributed by atoms with E-state index in [1.807, 2.05) is 70.2 Å². The van der Waals surface area contributed by atoms with Gasteiger partial charge in [0.2, 0.25) is 11.8 Å². The summed E-state index contributed by atoms with van der Waals surface area (Å²) < 4.78 is 17.3. The lowest BCUT2D eigenvalue weighted by molar-refractivity contribution is 0.0383. The first-order chi connectivity index (χ1) is 26.9. The molecule has 4 aromatic carbocycles. The van der Waals surface area contributed by atoms with Crippen molar-refractivity contribution in [3.63, 3.8) is 0 Å². The Morgan fingerprint density at radius 1 is 0.893 bits per heavy atom.